The van der Waals surface area contributed by atoms with Gasteiger partial charge in [-0.3, -0.25) is 0 Å². The van der Waals surface area contributed by atoms with Gasteiger partial charge in [-0.25, -0.2) is 4.79 Å². The van der Waals surface area contributed by atoms with Crippen LogP contribution in [0.5, 0.6) is 0 Å². The Kier molecular flexibility index (Phi) is 4.04. The average molecular weight is 296 g/mol. The van der Waals surface area contributed by atoms with Crippen molar-refractivity contribution in [3.8, 4) is 11.3 Å². The highest BCUT2D eigenvalue weighted by molar-refractivity contribution is 5.87. The Balaban J connectivity index is 2.28. The van der Waals surface area contributed by atoms with Gasteiger partial charge >= 0.3 is 5.63 Å². The first-order chi connectivity index (χ1) is 10.7. The minimum absolute atomic E-state index is 0.371. The van der Waals surface area contributed by atoms with E-state index < -0.39 is 6.29 Å². The molecule has 112 valence electrons. The predicted molar refractivity (Wildman–Crippen MR) is 84.7 cm³/mol. The minimum Gasteiger partial charge on any atom is -0.422 e. The molecule has 1 heterocycles. The van der Waals surface area contributed by atoms with Crippen LogP contribution in [-0.2, 0) is 9.47 Å². The van der Waals surface area contributed by atoms with Gasteiger partial charge in [-0.1, -0.05) is 42.5 Å². The van der Waals surface area contributed by atoms with Crippen molar-refractivity contribution in [2.45, 2.75) is 6.29 Å². The minimum atomic E-state index is -0.533. The quantitative estimate of drug-likeness (QED) is 0.688. The van der Waals surface area contributed by atoms with Crippen LogP contribution >= 0.6 is 0 Å². The van der Waals surface area contributed by atoms with Crippen molar-refractivity contribution in [1.82, 2.24) is 0 Å². The molecule has 0 aliphatic rings. The molecule has 2 aromatic carbocycles. The van der Waals surface area contributed by atoms with Gasteiger partial charge in [0.1, 0.15) is 5.76 Å². The molecule has 0 bridgehead atoms. The average Bonchev–Trinajstić information content (AvgIpc) is 2.57. The Morgan fingerprint density at radius 2 is 1.64 bits per heavy atom. The molecule has 0 radical (unpaired) electrons. The molecular formula is C18H16O4. The number of hydrogen-bond donors (Lipinski definition) is 0. The summed E-state index contributed by atoms with van der Waals surface area (Å²) in [4.78, 5) is 12.3. The third kappa shape index (κ3) is 2.54. The number of rotatable bonds is 4. The molecule has 0 aliphatic carbocycles. The van der Waals surface area contributed by atoms with Crippen LogP contribution in [0.4, 0.5) is 0 Å². The van der Waals surface area contributed by atoms with Gasteiger partial charge in [0.2, 0.25) is 0 Å². The first kappa shape index (κ1) is 14.5. The van der Waals surface area contributed by atoms with Crippen LogP contribution in [0.1, 0.15) is 11.9 Å². The molecule has 4 nitrogen and oxygen atoms in total. The maximum Gasteiger partial charge on any atom is 0.344 e. The van der Waals surface area contributed by atoms with Gasteiger partial charge in [-0.15, -0.1) is 0 Å². The van der Waals surface area contributed by atoms with Crippen molar-refractivity contribution in [1.29, 1.82) is 0 Å². The molecule has 0 spiro atoms. The monoisotopic (exact) mass is 296 g/mol. The van der Waals surface area contributed by atoms with Crippen LogP contribution in [0.15, 0.2) is 63.8 Å². The SMILES string of the molecule is COC(OC)c1cccc2c(=O)oc(-c3ccccc3)cc12. The molecule has 0 unspecified atom stereocenters. The normalized spacial score (nSPS) is 11.2. The molecule has 1 aromatic heterocycles. The first-order valence-electron chi connectivity index (χ1n) is 6.92. The second-order valence-electron chi connectivity index (χ2n) is 4.88. The predicted octanol–water partition coefficient (Wildman–Crippen LogP) is 3.75. The number of ether oxygens (including phenoxy) is 2. The fraction of sp³-hybridized carbons (Fsp3) is 0.167. The van der Waals surface area contributed by atoms with E-state index in [1.54, 1.807) is 26.4 Å². The standard InChI is InChI=1S/C18H16O4/c1-20-18(21-2)14-10-6-9-13-15(14)11-16(22-17(13)19)12-7-4-3-5-8-12/h3-11,18H,1-2H3. The van der Waals surface area contributed by atoms with Crippen molar-refractivity contribution in [3.05, 3.63) is 70.6 Å². The Hall–Kier alpha value is -2.43. The second-order valence-corrected chi connectivity index (χ2v) is 4.88. The van der Waals surface area contributed by atoms with E-state index in [9.17, 15) is 4.79 Å². The summed E-state index contributed by atoms with van der Waals surface area (Å²) in [6.07, 6.45) is -0.533. The molecule has 22 heavy (non-hydrogen) atoms. The van der Waals surface area contributed by atoms with Gasteiger partial charge in [0.05, 0.1) is 5.39 Å². The number of benzene rings is 2. The third-order valence-corrected chi connectivity index (χ3v) is 3.58. The summed E-state index contributed by atoms with van der Waals surface area (Å²) >= 11 is 0. The highest BCUT2D eigenvalue weighted by Crippen LogP contribution is 2.28. The molecule has 0 aliphatic heterocycles. The molecular weight excluding hydrogens is 280 g/mol. The maximum atomic E-state index is 12.3. The highest BCUT2D eigenvalue weighted by atomic mass is 16.7. The van der Waals surface area contributed by atoms with Crippen LogP contribution in [0.2, 0.25) is 0 Å². The smallest absolute Gasteiger partial charge is 0.344 e. The van der Waals surface area contributed by atoms with Crippen LogP contribution < -0.4 is 5.63 Å². The van der Waals surface area contributed by atoms with E-state index >= 15 is 0 Å². The molecule has 0 fully saturated rings. The molecule has 3 aromatic rings. The van der Waals surface area contributed by atoms with Crippen molar-refractivity contribution in [2.24, 2.45) is 0 Å². The fourth-order valence-electron chi connectivity index (χ4n) is 2.54. The lowest BCUT2D eigenvalue weighted by Crippen LogP contribution is -2.07. The van der Waals surface area contributed by atoms with Gasteiger partial charge in [0, 0.05) is 30.7 Å². The summed E-state index contributed by atoms with van der Waals surface area (Å²) < 4.78 is 16.1. The van der Waals surface area contributed by atoms with Crippen molar-refractivity contribution in [2.75, 3.05) is 14.2 Å². The summed E-state index contributed by atoms with van der Waals surface area (Å²) in [5, 5.41) is 1.28. The summed E-state index contributed by atoms with van der Waals surface area (Å²) in [5.74, 6) is 0.525. The van der Waals surface area contributed by atoms with E-state index in [2.05, 4.69) is 0 Å². The number of methoxy groups -OCH3 is 2. The molecule has 0 N–H and O–H groups in total. The highest BCUT2D eigenvalue weighted by Gasteiger charge is 2.16. The topological polar surface area (TPSA) is 48.7 Å². The first-order valence-corrected chi connectivity index (χ1v) is 6.92. The van der Waals surface area contributed by atoms with Gasteiger partial charge < -0.3 is 13.9 Å². The van der Waals surface area contributed by atoms with Crippen molar-refractivity contribution in [3.63, 3.8) is 0 Å². The van der Waals surface area contributed by atoms with Crippen LogP contribution in [-0.4, -0.2) is 14.2 Å². The van der Waals surface area contributed by atoms with E-state index in [0.717, 1.165) is 16.5 Å². The zero-order valence-corrected chi connectivity index (χ0v) is 12.4. The zero-order valence-electron chi connectivity index (χ0n) is 12.4. The molecule has 4 heteroatoms. The lowest BCUT2D eigenvalue weighted by molar-refractivity contribution is -0.105. The van der Waals surface area contributed by atoms with Gasteiger partial charge in [-0.05, 0) is 12.1 Å². The summed E-state index contributed by atoms with van der Waals surface area (Å²) in [6.45, 7) is 0. The largest absolute Gasteiger partial charge is 0.422 e. The molecule has 0 amide bonds. The van der Waals surface area contributed by atoms with Gasteiger partial charge in [0.15, 0.2) is 6.29 Å². The molecule has 0 saturated carbocycles. The molecule has 0 atom stereocenters. The summed E-state index contributed by atoms with van der Waals surface area (Å²) in [6, 6.07) is 16.8. The Labute approximate surface area is 127 Å². The van der Waals surface area contributed by atoms with E-state index in [1.807, 2.05) is 42.5 Å². The lowest BCUT2D eigenvalue weighted by atomic mass is 10.0. The van der Waals surface area contributed by atoms with Gasteiger partial charge in [-0.2, -0.15) is 0 Å². The van der Waals surface area contributed by atoms with Crippen molar-refractivity contribution >= 4 is 10.8 Å². The second kappa shape index (κ2) is 6.13. The van der Waals surface area contributed by atoms with E-state index in [-0.39, 0.29) is 5.63 Å². The molecule has 3 rings (SSSR count). The Morgan fingerprint density at radius 1 is 0.909 bits per heavy atom. The zero-order chi connectivity index (χ0) is 15.5. The third-order valence-electron chi connectivity index (χ3n) is 3.58. The van der Waals surface area contributed by atoms with E-state index in [0.29, 0.717) is 11.1 Å². The van der Waals surface area contributed by atoms with E-state index in [1.165, 1.54) is 0 Å². The summed E-state index contributed by atoms with van der Waals surface area (Å²) in [7, 11) is 3.13. The van der Waals surface area contributed by atoms with Crippen LogP contribution in [0.3, 0.4) is 0 Å². The Morgan fingerprint density at radius 3 is 2.32 bits per heavy atom. The van der Waals surface area contributed by atoms with Gasteiger partial charge in [0.25, 0.3) is 0 Å². The number of hydrogen-bond acceptors (Lipinski definition) is 4. The van der Waals surface area contributed by atoms with Crippen molar-refractivity contribution < 1.29 is 13.9 Å². The Bertz CT molecular complexity index is 833. The number of fused-ring (bicyclic) bond motifs is 1. The van der Waals surface area contributed by atoms with Crippen LogP contribution in [0.25, 0.3) is 22.1 Å². The fourth-order valence-corrected chi connectivity index (χ4v) is 2.54. The lowest BCUT2D eigenvalue weighted by Gasteiger charge is -2.16. The van der Waals surface area contributed by atoms with E-state index in [4.69, 9.17) is 13.9 Å². The van der Waals surface area contributed by atoms with Crippen LogP contribution in [0, 0.1) is 0 Å². The summed E-state index contributed by atoms with van der Waals surface area (Å²) in [5.41, 5.74) is 1.28. The molecule has 0 saturated heterocycles. The maximum absolute atomic E-state index is 12.3.